The second-order valence-electron chi connectivity index (χ2n) is 3.04. The number of tetrazole rings is 1. The maximum Gasteiger partial charge on any atom is 0.361 e. The zero-order valence-electron chi connectivity index (χ0n) is 9.08. The number of aromatic amines is 1. The highest BCUT2D eigenvalue weighted by Crippen LogP contribution is 2.18. The lowest BCUT2D eigenvalue weighted by Crippen LogP contribution is -2.04. The minimum absolute atomic E-state index is 0.0889. The number of rotatable bonds is 4. The molecule has 0 atom stereocenters. The number of H-pyrrole nitrogens is 1. The van der Waals surface area contributed by atoms with Gasteiger partial charge >= 0.3 is 12.0 Å². The van der Waals surface area contributed by atoms with Gasteiger partial charge in [-0.3, -0.25) is 0 Å². The SMILES string of the molecule is CCOC(=O)c1cccc(Oc2nn[nH]n2)c1. The van der Waals surface area contributed by atoms with Crippen LogP contribution in [0.15, 0.2) is 24.3 Å². The van der Waals surface area contributed by atoms with Crippen molar-refractivity contribution in [3.05, 3.63) is 29.8 Å². The van der Waals surface area contributed by atoms with Gasteiger partial charge in [-0.2, -0.15) is 5.21 Å². The van der Waals surface area contributed by atoms with E-state index in [4.69, 9.17) is 9.47 Å². The summed E-state index contributed by atoms with van der Waals surface area (Å²) in [6.45, 7) is 2.08. The van der Waals surface area contributed by atoms with Crippen molar-refractivity contribution in [1.82, 2.24) is 20.6 Å². The van der Waals surface area contributed by atoms with Crippen molar-refractivity contribution in [3.63, 3.8) is 0 Å². The first kappa shape index (κ1) is 11.1. The fourth-order valence-corrected chi connectivity index (χ4v) is 1.20. The minimum atomic E-state index is -0.397. The van der Waals surface area contributed by atoms with Gasteiger partial charge in [-0.1, -0.05) is 16.3 Å². The molecule has 1 aromatic heterocycles. The summed E-state index contributed by atoms with van der Waals surface area (Å²) in [5, 5.41) is 12.9. The summed E-state index contributed by atoms with van der Waals surface area (Å²) in [5.74, 6) is 0.0445. The van der Waals surface area contributed by atoms with Crippen molar-refractivity contribution in [3.8, 4) is 11.8 Å². The Morgan fingerprint density at radius 2 is 2.35 bits per heavy atom. The minimum Gasteiger partial charge on any atom is -0.462 e. The van der Waals surface area contributed by atoms with E-state index in [1.165, 1.54) is 0 Å². The summed E-state index contributed by atoms with van der Waals surface area (Å²) in [7, 11) is 0. The second-order valence-corrected chi connectivity index (χ2v) is 3.04. The van der Waals surface area contributed by atoms with Crippen molar-refractivity contribution >= 4 is 5.97 Å². The second kappa shape index (κ2) is 5.06. The molecule has 1 heterocycles. The molecule has 7 heteroatoms. The Morgan fingerprint density at radius 1 is 1.47 bits per heavy atom. The van der Waals surface area contributed by atoms with Gasteiger partial charge in [-0.25, -0.2) is 4.79 Å². The zero-order valence-corrected chi connectivity index (χ0v) is 9.08. The van der Waals surface area contributed by atoms with E-state index in [1.807, 2.05) is 0 Å². The molecule has 0 unspecified atom stereocenters. The Balaban J connectivity index is 2.14. The fraction of sp³-hybridized carbons (Fsp3) is 0.200. The van der Waals surface area contributed by atoms with Gasteiger partial charge in [0.25, 0.3) is 0 Å². The van der Waals surface area contributed by atoms with Gasteiger partial charge in [0, 0.05) is 0 Å². The maximum atomic E-state index is 11.5. The van der Waals surface area contributed by atoms with Crippen molar-refractivity contribution in [2.45, 2.75) is 6.92 Å². The number of aromatic nitrogens is 4. The van der Waals surface area contributed by atoms with Crippen LogP contribution in [-0.2, 0) is 4.74 Å². The third-order valence-electron chi connectivity index (χ3n) is 1.88. The number of hydrogen-bond donors (Lipinski definition) is 1. The molecule has 1 aromatic carbocycles. The number of nitrogens with one attached hydrogen (secondary N) is 1. The molecular formula is C10H10N4O3. The van der Waals surface area contributed by atoms with Gasteiger partial charge in [-0.15, -0.1) is 0 Å². The van der Waals surface area contributed by atoms with Gasteiger partial charge in [0.05, 0.1) is 12.2 Å². The Hall–Kier alpha value is -2.44. The lowest BCUT2D eigenvalue weighted by Gasteiger charge is -2.04. The van der Waals surface area contributed by atoms with Crippen LogP contribution in [0.5, 0.6) is 11.8 Å². The molecule has 7 nitrogen and oxygen atoms in total. The first-order valence-corrected chi connectivity index (χ1v) is 4.98. The number of hydrogen-bond acceptors (Lipinski definition) is 6. The highest BCUT2D eigenvalue weighted by Gasteiger charge is 2.08. The van der Waals surface area contributed by atoms with E-state index >= 15 is 0 Å². The van der Waals surface area contributed by atoms with Crippen LogP contribution in [0.25, 0.3) is 0 Å². The Labute approximate surface area is 96.7 Å². The standard InChI is InChI=1S/C10H10N4O3/c1-2-16-9(15)7-4-3-5-8(6-7)17-10-11-13-14-12-10/h3-6H,2H2,1H3,(H,11,12,13,14). The smallest absolute Gasteiger partial charge is 0.361 e. The van der Waals surface area contributed by atoms with Crippen LogP contribution in [-0.4, -0.2) is 33.2 Å². The zero-order chi connectivity index (χ0) is 12.1. The molecule has 2 aromatic rings. The molecule has 0 radical (unpaired) electrons. The summed E-state index contributed by atoms with van der Waals surface area (Å²) in [4.78, 5) is 11.5. The maximum absolute atomic E-state index is 11.5. The monoisotopic (exact) mass is 234 g/mol. The van der Waals surface area contributed by atoms with Crippen LogP contribution in [0, 0.1) is 0 Å². The Kier molecular flexibility index (Phi) is 3.29. The van der Waals surface area contributed by atoms with Crippen LogP contribution in [0.4, 0.5) is 0 Å². The van der Waals surface area contributed by atoms with Crippen molar-refractivity contribution in [1.29, 1.82) is 0 Å². The predicted octanol–water partition coefficient (Wildman–Crippen LogP) is 1.17. The quantitative estimate of drug-likeness (QED) is 0.798. The van der Waals surface area contributed by atoms with E-state index in [0.717, 1.165) is 0 Å². The molecular weight excluding hydrogens is 224 g/mol. The van der Waals surface area contributed by atoms with Crippen LogP contribution >= 0.6 is 0 Å². The van der Waals surface area contributed by atoms with Crippen LogP contribution in [0.1, 0.15) is 17.3 Å². The molecule has 88 valence electrons. The number of nitrogens with zero attached hydrogens (tertiary/aromatic N) is 3. The van der Waals surface area contributed by atoms with E-state index in [1.54, 1.807) is 31.2 Å². The van der Waals surface area contributed by atoms with E-state index in [2.05, 4.69) is 20.6 Å². The summed E-state index contributed by atoms with van der Waals surface area (Å²) in [6.07, 6.45) is 0. The molecule has 0 saturated heterocycles. The molecule has 0 saturated carbocycles. The average Bonchev–Trinajstić information content (AvgIpc) is 2.82. The molecule has 0 aliphatic carbocycles. The highest BCUT2D eigenvalue weighted by molar-refractivity contribution is 5.89. The predicted molar refractivity (Wildman–Crippen MR) is 56.7 cm³/mol. The summed E-state index contributed by atoms with van der Waals surface area (Å²) in [6, 6.07) is 6.64. The largest absolute Gasteiger partial charge is 0.462 e. The lowest BCUT2D eigenvalue weighted by atomic mass is 10.2. The molecule has 0 spiro atoms. The van der Waals surface area contributed by atoms with E-state index < -0.39 is 5.97 Å². The first-order valence-electron chi connectivity index (χ1n) is 4.98. The van der Waals surface area contributed by atoms with E-state index in [9.17, 15) is 4.79 Å². The average molecular weight is 234 g/mol. The van der Waals surface area contributed by atoms with Crippen LogP contribution in [0.3, 0.4) is 0 Å². The summed E-state index contributed by atoms with van der Waals surface area (Å²) < 4.78 is 10.1. The van der Waals surface area contributed by atoms with Crippen molar-refractivity contribution < 1.29 is 14.3 Å². The molecule has 0 bridgehead atoms. The van der Waals surface area contributed by atoms with Gasteiger partial charge < -0.3 is 9.47 Å². The molecule has 1 N–H and O–H groups in total. The van der Waals surface area contributed by atoms with Crippen LogP contribution in [0.2, 0.25) is 0 Å². The molecule has 17 heavy (non-hydrogen) atoms. The molecule has 0 aliphatic rings. The van der Waals surface area contributed by atoms with Crippen LogP contribution < -0.4 is 4.74 Å². The molecule has 0 aliphatic heterocycles. The first-order chi connectivity index (χ1) is 8.29. The van der Waals surface area contributed by atoms with Crippen molar-refractivity contribution in [2.24, 2.45) is 0 Å². The summed E-state index contributed by atoms with van der Waals surface area (Å²) in [5.41, 5.74) is 0.410. The van der Waals surface area contributed by atoms with Gasteiger partial charge in [0.15, 0.2) is 0 Å². The third-order valence-corrected chi connectivity index (χ3v) is 1.88. The Morgan fingerprint density at radius 3 is 3.06 bits per heavy atom. The number of carbonyl (C=O) groups is 1. The number of ether oxygens (including phenoxy) is 2. The molecule has 0 fully saturated rings. The number of benzene rings is 1. The van der Waals surface area contributed by atoms with E-state index in [-0.39, 0.29) is 6.01 Å². The van der Waals surface area contributed by atoms with Crippen molar-refractivity contribution in [2.75, 3.05) is 6.61 Å². The normalized spacial score (nSPS) is 9.94. The lowest BCUT2D eigenvalue weighted by molar-refractivity contribution is 0.0526. The highest BCUT2D eigenvalue weighted by atomic mass is 16.5. The topological polar surface area (TPSA) is 90.0 Å². The Bertz CT molecular complexity index is 498. The fourth-order valence-electron chi connectivity index (χ4n) is 1.20. The van der Waals surface area contributed by atoms with Gasteiger partial charge in [-0.05, 0) is 30.3 Å². The third kappa shape index (κ3) is 2.77. The number of esters is 1. The summed E-state index contributed by atoms with van der Waals surface area (Å²) >= 11 is 0. The van der Waals surface area contributed by atoms with Gasteiger partial charge in [0.2, 0.25) is 0 Å². The number of carbonyl (C=O) groups excluding carboxylic acids is 1. The van der Waals surface area contributed by atoms with E-state index in [0.29, 0.717) is 17.9 Å². The molecule has 2 rings (SSSR count). The molecule has 0 amide bonds. The van der Waals surface area contributed by atoms with Gasteiger partial charge in [0.1, 0.15) is 5.75 Å².